The third-order valence-corrected chi connectivity index (χ3v) is 3.45. The Labute approximate surface area is 119 Å². The zero-order valence-electron chi connectivity index (χ0n) is 13.5. The number of rotatable bonds is 11. The van der Waals surface area contributed by atoms with Crippen LogP contribution in [0.25, 0.3) is 0 Å². The van der Waals surface area contributed by atoms with E-state index in [0.717, 1.165) is 45.6 Å². The zero-order valence-corrected chi connectivity index (χ0v) is 13.5. The van der Waals surface area contributed by atoms with Gasteiger partial charge in [0.15, 0.2) is 0 Å². The molecule has 2 N–H and O–H groups in total. The summed E-state index contributed by atoms with van der Waals surface area (Å²) in [6.45, 7) is 13.7. The number of nitrogens with zero attached hydrogens (tertiary/aromatic N) is 1. The Bertz CT molecular complexity index is 205. The molecule has 4 nitrogen and oxygen atoms in total. The van der Waals surface area contributed by atoms with Crippen molar-refractivity contribution in [1.29, 1.82) is 0 Å². The molecule has 19 heavy (non-hydrogen) atoms. The molecular weight excluding hydrogens is 240 g/mol. The van der Waals surface area contributed by atoms with Gasteiger partial charge in [0.25, 0.3) is 0 Å². The maximum atomic E-state index is 9.10. The largest absolute Gasteiger partial charge is 0.395 e. The predicted molar refractivity (Wildman–Crippen MR) is 81.6 cm³/mol. The van der Waals surface area contributed by atoms with Gasteiger partial charge in [-0.2, -0.15) is 0 Å². The van der Waals surface area contributed by atoms with Crippen LogP contribution in [-0.4, -0.2) is 62.6 Å². The van der Waals surface area contributed by atoms with Gasteiger partial charge in [-0.15, -0.1) is 0 Å². The number of aliphatic hydroxyl groups excluding tert-OH is 1. The quantitative estimate of drug-likeness (QED) is 0.602. The van der Waals surface area contributed by atoms with E-state index in [1.807, 2.05) is 0 Å². The number of hydrogen-bond acceptors (Lipinski definition) is 4. The molecule has 0 heterocycles. The van der Waals surface area contributed by atoms with Crippen LogP contribution in [-0.2, 0) is 4.74 Å². The van der Waals surface area contributed by atoms with E-state index in [4.69, 9.17) is 9.84 Å². The van der Waals surface area contributed by atoms with Gasteiger partial charge in [-0.25, -0.2) is 0 Å². The molecule has 0 amide bonds. The minimum absolute atomic E-state index is 0.215. The van der Waals surface area contributed by atoms with Crippen LogP contribution >= 0.6 is 0 Å². The highest BCUT2D eigenvalue weighted by molar-refractivity contribution is 4.81. The highest BCUT2D eigenvalue weighted by atomic mass is 16.5. The van der Waals surface area contributed by atoms with E-state index in [0.29, 0.717) is 6.04 Å². The minimum atomic E-state index is 0.215. The lowest BCUT2D eigenvalue weighted by atomic mass is 9.84. The lowest BCUT2D eigenvalue weighted by Crippen LogP contribution is -2.44. The molecule has 0 aliphatic rings. The van der Waals surface area contributed by atoms with Gasteiger partial charge in [0.2, 0.25) is 0 Å². The third kappa shape index (κ3) is 9.38. The molecule has 0 spiro atoms. The standard InChI is InChI=1S/C15H34N2O2/c1-6-8-16-14(15(2,3)4)7-9-17(10-12-18)11-13-19-5/h14,16,18H,6-13H2,1-5H3. The Morgan fingerprint density at radius 1 is 1.21 bits per heavy atom. The molecule has 0 rings (SSSR count). The first kappa shape index (κ1) is 18.8. The van der Waals surface area contributed by atoms with E-state index < -0.39 is 0 Å². The molecule has 116 valence electrons. The number of hydrogen-bond donors (Lipinski definition) is 2. The molecule has 1 atom stereocenters. The summed E-state index contributed by atoms with van der Waals surface area (Å²) in [5, 5.41) is 12.7. The van der Waals surface area contributed by atoms with Crippen LogP contribution in [0.3, 0.4) is 0 Å². The molecule has 0 aliphatic heterocycles. The molecule has 1 unspecified atom stereocenters. The average Bonchev–Trinajstić information content (AvgIpc) is 2.34. The van der Waals surface area contributed by atoms with Gasteiger partial charge in [0.05, 0.1) is 13.2 Å². The Hall–Kier alpha value is -0.160. The first-order valence-corrected chi connectivity index (χ1v) is 7.51. The maximum Gasteiger partial charge on any atom is 0.0589 e. The van der Waals surface area contributed by atoms with E-state index in [9.17, 15) is 0 Å². The van der Waals surface area contributed by atoms with Gasteiger partial charge >= 0.3 is 0 Å². The van der Waals surface area contributed by atoms with Crippen molar-refractivity contribution in [2.75, 3.05) is 46.5 Å². The molecule has 0 fully saturated rings. The first-order chi connectivity index (χ1) is 8.95. The monoisotopic (exact) mass is 274 g/mol. The lowest BCUT2D eigenvalue weighted by molar-refractivity contribution is 0.121. The minimum Gasteiger partial charge on any atom is -0.395 e. The van der Waals surface area contributed by atoms with Crippen molar-refractivity contribution in [1.82, 2.24) is 10.2 Å². The highest BCUT2D eigenvalue weighted by Crippen LogP contribution is 2.22. The Balaban J connectivity index is 4.23. The first-order valence-electron chi connectivity index (χ1n) is 7.51. The number of nitrogens with one attached hydrogen (secondary N) is 1. The number of methoxy groups -OCH3 is 1. The summed E-state index contributed by atoms with van der Waals surface area (Å²) < 4.78 is 5.12. The fraction of sp³-hybridized carbons (Fsp3) is 1.00. The highest BCUT2D eigenvalue weighted by Gasteiger charge is 2.24. The van der Waals surface area contributed by atoms with Crippen molar-refractivity contribution in [3.63, 3.8) is 0 Å². The summed E-state index contributed by atoms with van der Waals surface area (Å²) in [7, 11) is 1.72. The summed E-state index contributed by atoms with van der Waals surface area (Å²) >= 11 is 0. The average molecular weight is 274 g/mol. The molecule has 0 saturated carbocycles. The van der Waals surface area contributed by atoms with Crippen molar-refractivity contribution in [3.05, 3.63) is 0 Å². The Kier molecular flexibility index (Phi) is 10.5. The van der Waals surface area contributed by atoms with E-state index in [1.165, 1.54) is 0 Å². The SMILES string of the molecule is CCCNC(CCN(CCO)CCOC)C(C)(C)C. The normalized spacial score (nSPS) is 14.1. The molecule has 0 aromatic rings. The van der Waals surface area contributed by atoms with Crippen molar-refractivity contribution < 1.29 is 9.84 Å². The molecule has 0 aromatic heterocycles. The number of aliphatic hydroxyl groups is 1. The zero-order chi connectivity index (χ0) is 14.7. The van der Waals surface area contributed by atoms with Crippen LogP contribution in [0.1, 0.15) is 40.5 Å². The van der Waals surface area contributed by atoms with Gasteiger partial charge in [-0.05, 0) is 31.3 Å². The van der Waals surface area contributed by atoms with Crippen LogP contribution in [0.5, 0.6) is 0 Å². The lowest BCUT2D eigenvalue weighted by Gasteiger charge is -2.33. The summed E-state index contributed by atoms with van der Waals surface area (Å²) in [5.74, 6) is 0. The van der Waals surface area contributed by atoms with Crippen LogP contribution in [0.2, 0.25) is 0 Å². The second-order valence-electron chi connectivity index (χ2n) is 6.22. The summed E-state index contributed by atoms with van der Waals surface area (Å²) in [4.78, 5) is 2.27. The van der Waals surface area contributed by atoms with Crippen molar-refractivity contribution in [2.45, 2.75) is 46.6 Å². The Morgan fingerprint density at radius 3 is 2.37 bits per heavy atom. The van der Waals surface area contributed by atoms with E-state index >= 15 is 0 Å². The number of ether oxygens (including phenoxy) is 1. The Morgan fingerprint density at radius 2 is 1.89 bits per heavy atom. The topological polar surface area (TPSA) is 44.7 Å². The molecule has 0 aliphatic carbocycles. The summed E-state index contributed by atoms with van der Waals surface area (Å²) in [5.41, 5.74) is 0.265. The van der Waals surface area contributed by atoms with Crippen molar-refractivity contribution >= 4 is 0 Å². The fourth-order valence-electron chi connectivity index (χ4n) is 2.17. The van der Waals surface area contributed by atoms with Gasteiger partial charge in [0, 0.05) is 26.2 Å². The maximum absolute atomic E-state index is 9.10. The second kappa shape index (κ2) is 10.6. The van der Waals surface area contributed by atoms with Gasteiger partial charge in [-0.1, -0.05) is 27.7 Å². The molecular formula is C15H34N2O2. The van der Waals surface area contributed by atoms with Crippen LogP contribution < -0.4 is 5.32 Å². The molecule has 0 radical (unpaired) electrons. The van der Waals surface area contributed by atoms with Crippen LogP contribution in [0.15, 0.2) is 0 Å². The third-order valence-electron chi connectivity index (χ3n) is 3.45. The fourth-order valence-corrected chi connectivity index (χ4v) is 2.17. The molecule has 0 aromatic carbocycles. The van der Waals surface area contributed by atoms with Gasteiger partial charge in [0.1, 0.15) is 0 Å². The molecule has 0 saturated heterocycles. The van der Waals surface area contributed by atoms with Gasteiger partial charge < -0.3 is 15.2 Å². The molecule has 0 bridgehead atoms. The van der Waals surface area contributed by atoms with Crippen LogP contribution in [0.4, 0.5) is 0 Å². The van der Waals surface area contributed by atoms with E-state index in [1.54, 1.807) is 7.11 Å². The van der Waals surface area contributed by atoms with Crippen LogP contribution in [0, 0.1) is 5.41 Å². The van der Waals surface area contributed by atoms with E-state index in [2.05, 4.69) is 37.9 Å². The van der Waals surface area contributed by atoms with Gasteiger partial charge in [-0.3, -0.25) is 4.90 Å². The summed E-state index contributed by atoms with van der Waals surface area (Å²) in [6, 6.07) is 0.510. The van der Waals surface area contributed by atoms with Crippen molar-refractivity contribution in [2.24, 2.45) is 5.41 Å². The predicted octanol–water partition coefficient (Wildman–Crippen LogP) is 1.73. The molecule has 4 heteroatoms. The smallest absolute Gasteiger partial charge is 0.0589 e. The second-order valence-corrected chi connectivity index (χ2v) is 6.22. The summed E-state index contributed by atoms with van der Waals surface area (Å²) in [6.07, 6.45) is 2.27. The van der Waals surface area contributed by atoms with E-state index in [-0.39, 0.29) is 12.0 Å². The van der Waals surface area contributed by atoms with Crippen molar-refractivity contribution in [3.8, 4) is 0 Å².